The molecule has 0 bridgehead atoms. The second-order valence-electron chi connectivity index (χ2n) is 5.86. The van der Waals surface area contributed by atoms with Crippen LogP contribution in [-0.2, 0) is 7.05 Å². The number of hydrogen-bond donors (Lipinski definition) is 1. The van der Waals surface area contributed by atoms with Gasteiger partial charge < -0.3 is 9.46 Å². The highest BCUT2D eigenvalue weighted by Crippen LogP contribution is 2.36. The molecular weight excluding hydrogens is 348 g/mol. The van der Waals surface area contributed by atoms with Gasteiger partial charge in [0.2, 0.25) is 0 Å². The van der Waals surface area contributed by atoms with Gasteiger partial charge in [0.25, 0.3) is 0 Å². The highest BCUT2D eigenvalue weighted by molar-refractivity contribution is 8.00. The lowest BCUT2D eigenvalue weighted by Gasteiger charge is -2.11. The summed E-state index contributed by atoms with van der Waals surface area (Å²) in [5.41, 5.74) is 3.02. The van der Waals surface area contributed by atoms with Crippen molar-refractivity contribution in [1.82, 2.24) is 24.5 Å². The summed E-state index contributed by atoms with van der Waals surface area (Å²) in [5.74, 6) is 1.56. The number of anilines is 1. The molecule has 8 heteroatoms. The molecule has 0 aliphatic rings. The Morgan fingerprint density at radius 2 is 2.04 bits per heavy atom. The molecule has 7 nitrogen and oxygen atoms in total. The van der Waals surface area contributed by atoms with E-state index in [4.69, 9.17) is 4.74 Å². The van der Waals surface area contributed by atoms with Gasteiger partial charge in [0.1, 0.15) is 11.4 Å². The molecular formula is C18H18N6OS. The zero-order valence-corrected chi connectivity index (χ0v) is 15.5. The van der Waals surface area contributed by atoms with E-state index in [1.54, 1.807) is 24.2 Å². The maximum absolute atomic E-state index is 5.51. The fourth-order valence-corrected chi connectivity index (χ4v) is 3.43. The number of fused-ring (bicyclic) bond motifs is 1. The van der Waals surface area contributed by atoms with Crippen LogP contribution in [0.25, 0.3) is 16.7 Å². The molecule has 0 amide bonds. The Bertz CT molecular complexity index is 1070. The summed E-state index contributed by atoms with van der Waals surface area (Å²) in [6.45, 7) is 2.03. The first-order valence-electron chi connectivity index (χ1n) is 8.05. The predicted octanol–water partition coefficient (Wildman–Crippen LogP) is 3.59. The Labute approximate surface area is 155 Å². The van der Waals surface area contributed by atoms with E-state index < -0.39 is 0 Å². The van der Waals surface area contributed by atoms with Gasteiger partial charge in [-0.2, -0.15) is 10.2 Å². The standard InChI is InChI=1S/C18H18N6OS/c1-12-6-7-19-16(8-12)24-11-14(10-21-24)26-22-17-15(25-3)5-4-13-9-20-23(2)18(13)17/h4-11,22H,1-3H3. The van der Waals surface area contributed by atoms with Crippen molar-refractivity contribution in [2.24, 2.45) is 7.05 Å². The van der Waals surface area contributed by atoms with Gasteiger partial charge in [-0.1, -0.05) is 0 Å². The molecule has 0 fully saturated rings. The highest BCUT2D eigenvalue weighted by atomic mass is 32.2. The molecule has 4 rings (SSSR count). The van der Waals surface area contributed by atoms with E-state index >= 15 is 0 Å². The van der Waals surface area contributed by atoms with Crippen LogP contribution < -0.4 is 9.46 Å². The summed E-state index contributed by atoms with van der Waals surface area (Å²) in [7, 11) is 3.58. The molecule has 3 heterocycles. The van der Waals surface area contributed by atoms with Crippen LogP contribution in [0, 0.1) is 6.92 Å². The Kier molecular flexibility index (Phi) is 4.26. The van der Waals surface area contributed by atoms with Crippen molar-refractivity contribution < 1.29 is 4.74 Å². The molecule has 0 unspecified atom stereocenters. The SMILES string of the molecule is COc1ccc2cnn(C)c2c1NSc1cnn(-c2cc(C)ccn2)c1. The molecule has 1 N–H and O–H groups in total. The van der Waals surface area contributed by atoms with Crippen LogP contribution >= 0.6 is 11.9 Å². The Hall–Kier alpha value is -3.00. The highest BCUT2D eigenvalue weighted by Gasteiger charge is 2.13. The average Bonchev–Trinajstić information content (AvgIpc) is 3.27. The van der Waals surface area contributed by atoms with Gasteiger partial charge in [0, 0.05) is 24.8 Å². The van der Waals surface area contributed by atoms with Crippen LogP contribution in [0.4, 0.5) is 5.69 Å². The molecule has 3 aromatic heterocycles. The Morgan fingerprint density at radius 1 is 1.15 bits per heavy atom. The van der Waals surface area contributed by atoms with Crippen molar-refractivity contribution in [3.05, 3.63) is 54.6 Å². The van der Waals surface area contributed by atoms with E-state index in [-0.39, 0.29) is 0 Å². The van der Waals surface area contributed by atoms with Crippen LogP contribution in [0.3, 0.4) is 0 Å². The lowest BCUT2D eigenvalue weighted by Crippen LogP contribution is -1.98. The normalized spacial score (nSPS) is 11.0. The number of aryl methyl sites for hydroxylation is 2. The molecule has 0 aliphatic carbocycles. The molecule has 1 aromatic carbocycles. The van der Waals surface area contributed by atoms with E-state index in [0.717, 1.165) is 38.6 Å². The van der Waals surface area contributed by atoms with Crippen LogP contribution in [0.2, 0.25) is 0 Å². The predicted molar refractivity (Wildman–Crippen MR) is 103 cm³/mol. The number of nitrogens with one attached hydrogen (secondary N) is 1. The number of pyridine rings is 1. The van der Waals surface area contributed by atoms with Gasteiger partial charge >= 0.3 is 0 Å². The molecule has 0 aliphatic heterocycles. The van der Waals surface area contributed by atoms with E-state index in [1.807, 2.05) is 55.3 Å². The topological polar surface area (TPSA) is 69.8 Å². The second kappa shape index (κ2) is 6.72. The number of nitrogens with zero attached hydrogens (tertiary/aromatic N) is 5. The minimum Gasteiger partial charge on any atom is -0.494 e. The molecule has 26 heavy (non-hydrogen) atoms. The number of hydrogen-bond acceptors (Lipinski definition) is 6. The number of benzene rings is 1. The lowest BCUT2D eigenvalue weighted by atomic mass is 10.2. The molecule has 4 aromatic rings. The van der Waals surface area contributed by atoms with Crippen molar-refractivity contribution in [2.75, 3.05) is 11.8 Å². The van der Waals surface area contributed by atoms with Crippen molar-refractivity contribution in [3.8, 4) is 11.6 Å². The van der Waals surface area contributed by atoms with Crippen LogP contribution in [-0.4, -0.2) is 31.7 Å². The molecule has 0 saturated heterocycles. The fourth-order valence-electron chi connectivity index (χ4n) is 2.76. The van der Waals surface area contributed by atoms with Gasteiger partial charge in [-0.25, -0.2) is 9.67 Å². The van der Waals surface area contributed by atoms with E-state index in [9.17, 15) is 0 Å². The fraction of sp³-hybridized carbons (Fsp3) is 0.167. The van der Waals surface area contributed by atoms with Crippen molar-refractivity contribution in [3.63, 3.8) is 0 Å². The smallest absolute Gasteiger partial charge is 0.153 e. The number of aromatic nitrogens is 5. The molecule has 0 atom stereocenters. The maximum atomic E-state index is 5.51. The summed E-state index contributed by atoms with van der Waals surface area (Å²) in [5, 5.41) is 9.77. The third-order valence-corrected chi connectivity index (χ3v) is 4.80. The third kappa shape index (κ3) is 2.99. The maximum Gasteiger partial charge on any atom is 0.153 e. The van der Waals surface area contributed by atoms with E-state index in [2.05, 4.69) is 19.9 Å². The molecule has 0 radical (unpaired) electrons. The summed E-state index contributed by atoms with van der Waals surface area (Å²) < 4.78 is 12.5. The monoisotopic (exact) mass is 366 g/mol. The first-order valence-corrected chi connectivity index (χ1v) is 8.86. The zero-order chi connectivity index (χ0) is 18.1. The zero-order valence-electron chi connectivity index (χ0n) is 14.7. The van der Waals surface area contributed by atoms with Crippen LogP contribution in [0.5, 0.6) is 5.75 Å². The van der Waals surface area contributed by atoms with Gasteiger partial charge in [-0.3, -0.25) is 4.68 Å². The summed E-state index contributed by atoms with van der Waals surface area (Å²) in [6.07, 6.45) is 7.37. The Balaban J connectivity index is 1.60. The van der Waals surface area contributed by atoms with Gasteiger partial charge in [-0.05, 0) is 48.7 Å². The summed E-state index contributed by atoms with van der Waals surface area (Å²) in [6, 6.07) is 7.89. The van der Waals surface area contributed by atoms with Crippen LogP contribution in [0.1, 0.15) is 5.56 Å². The van der Waals surface area contributed by atoms with Crippen LogP contribution in [0.15, 0.2) is 53.9 Å². The van der Waals surface area contributed by atoms with Crippen molar-refractivity contribution in [1.29, 1.82) is 0 Å². The van der Waals surface area contributed by atoms with Gasteiger partial charge in [0.15, 0.2) is 5.82 Å². The first-order chi connectivity index (χ1) is 12.7. The molecule has 0 saturated carbocycles. The minimum atomic E-state index is 0.765. The third-order valence-electron chi connectivity index (χ3n) is 4.05. The van der Waals surface area contributed by atoms with Crippen molar-refractivity contribution >= 4 is 28.5 Å². The van der Waals surface area contributed by atoms with Gasteiger partial charge in [0.05, 0.1) is 29.9 Å². The number of rotatable bonds is 5. The van der Waals surface area contributed by atoms with Crippen molar-refractivity contribution in [2.45, 2.75) is 11.8 Å². The lowest BCUT2D eigenvalue weighted by molar-refractivity contribution is 0.417. The molecule has 132 valence electrons. The summed E-state index contributed by atoms with van der Waals surface area (Å²) in [4.78, 5) is 5.32. The van der Waals surface area contributed by atoms with E-state index in [0.29, 0.717) is 0 Å². The summed E-state index contributed by atoms with van der Waals surface area (Å²) >= 11 is 1.47. The first kappa shape index (κ1) is 16.5. The average molecular weight is 366 g/mol. The van der Waals surface area contributed by atoms with Gasteiger partial charge in [-0.15, -0.1) is 0 Å². The Morgan fingerprint density at radius 3 is 2.85 bits per heavy atom. The molecule has 0 spiro atoms. The minimum absolute atomic E-state index is 0.765. The van der Waals surface area contributed by atoms with E-state index in [1.165, 1.54) is 11.9 Å². The number of ether oxygens (including phenoxy) is 1. The quantitative estimate of drug-likeness (QED) is 0.544. The largest absolute Gasteiger partial charge is 0.494 e. The number of methoxy groups -OCH3 is 1. The second-order valence-corrected chi connectivity index (χ2v) is 6.74.